The first-order valence-electron chi connectivity index (χ1n) is 5.99. The van der Waals surface area contributed by atoms with E-state index in [2.05, 4.69) is 15.3 Å². The zero-order chi connectivity index (χ0) is 12.1. The quantitative estimate of drug-likeness (QED) is 0.832. The largest absolute Gasteiger partial charge is 0.481 e. The summed E-state index contributed by atoms with van der Waals surface area (Å²) in [6, 6.07) is 1.78. The average Bonchev–Trinajstić information content (AvgIpc) is 2.38. The van der Waals surface area contributed by atoms with Gasteiger partial charge in [0.25, 0.3) is 0 Å². The van der Waals surface area contributed by atoms with Gasteiger partial charge in [-0.05, 0) is 37.7 Å². The number of rotatable bonds is 4. The van der Waals surface area contributed by atoms with Gasteiger partial charge in [-0.3, -0.25) is 4.79 Å². The van der Waals surface area contributed by atoms with Crippen molar-refractivity contribution in [2.45, 2.75) is 25.7 Å². The smallest absolute Gasteiger partial charge is 0.306 e. The molecule has 0 spiro atoms. The molecule has 1 fully saturated rings. The lowest BCUT2D eigenvalue weighted by Gasteiger charge is -2.26. The molecule has 0 amide bonds. The van der Waals surface area contributed by atoms with Crippen LogP contribution in [0.1, 0.15) is 25.7 Å². The summed E-state index contributed by atoms with van der Waals surface area (Å²) >= 11 is 0. The molecule has 0 radical (unpaired) electrons. The maximum Gasteiger partial charge on any atom is 0.306 e. The number of carboxylic acid groups (broad SMARTS) is 1. The van der Waals surface area contributed by atoms with Crippen molar-refractivity contribution in [3.8, 4) is 0 Å². The maximum absolute atomic E-state index is 10.8. The van der Waals surface area contributed by atoms with Crippen molar-refractivity contribution in [3.63, 3.8) is 0 Å². The van der Waals surface area contributed by atoms with Gasteiger partial charge in [-0.1, -0.05) is 0 Å². The Bertz CT molecular complexity index is 361. The Hall–Kier alpha value is -1.65. The van der Waals surface area contributed by atoms with E-state index < -0.39 is 5.97 Å². The average molecular weight is 235 g/mol. The Balaban J connectivity index is 1.74. The second-order valence-electron chi connectivity index (χ2n) is 4.51. The lowest BCUT2D eigenvalue weighted by molar-refractivity contribution is -0.143. The number of nitrogens with zero attached hydrogens (tertiary/aromatic N) is 2. The number of aromatic nitrogens is 2. The molecule has 5 heteroatoms. The molecular formula is C12H17N3O2. The van der Waals surface area contributed by atoms with Crippen LogP contribution in [0.25, 0.3) is 0 Å². The molecular weight excluding hydrogens is 218 g/mol. The van der Waals surface area contributed by atoms with Crippen LogP contribution in [-0.4, -0.2) is 27.6 Å². The summed E-state index contributed by atoms with van der Waals surface area (Å²) in [7, 11) is 0. The molecule has 0 aliphatic heterocycles. The van der Waals surface area contributed by atoms with Gasteiger partial charge in [0.05, 0.1) is 5.92 Å². The first-order valence-corrected chi connectivity index (χ1v) is 5.99. The molecule has 0 aromatic carbocycles. The van der Waals surface area contributed by atoms with E-state index >= 15 is 0 Å². The molecule has 2 N–H and O–H groups in total. The minimum atomic E-state index is -0.650. The number of hydrogen-bond acceptors (Lipinski definition) is 4. The second kappa shape index (κ2) is 5.61. The Labute approximate surface area is 100 Å². The highest BCUT2D eigenvalue weighted by molar-refractivity contribution is 5.69. The first kappa shape index (κ1) is 11.8. The summed E-state index contributed by atoms with van der Waals surface area (Å²) in [4.78, 5) is 19.0. The van der Waals surface area contributed by atoms with Gasteiger partial charge in [-0.25, -0.2) is 9.97 Å². The summed E-state index contributed by atoms with van der Waals surface area (Å²) < 4.78 is 0. The second-order valence-corrected chi connectivity index (χ2v) is 4.51. The number of hydrogen-bond donors (Lipinski definition) is 2. The van der Waals surface area contributed by atoms with E-state index in [-0.39, 0.29) is 5.92 Å². The van der Waals surface area contributed by atoms with Gasteiger partial charge in [0.15, 0.2) is 0 Å². The van der Waals surface area contributed by atoms with E-state index in [4.69, 9.17) is 5.11 Å². The van der Waals surface area contributed by atoms with Crippen LogP contribution in [0.3, 0.4) is 0 Å². The topological polar surface area (TPSA) is 75.1 Å². The van der Waals surface area contributed by atoms with Crippen LogP contribution in [0.15, 0.2) is 18.5 Å². The molecule has 2 rings (SSSR count). The van der Waals surface area contributed by atoms with Crippen LogP contribution in [0.4, 0.5) is 5.95 Å². The first-order chi connectivity index (χ1) is 8.25. The zero-order valence-electron chi connectivity index (χ0n) is 9.67. The third-order valence-electron chi connectivity index (χ3n) is 3.31. The summed E-state index contributed by atoms with van der Waals surface area (Å²) in [6.07, 6.45) is 6.93. The van der Waals surface area contributed by atoms with Gasteiger partial charge in [-0.15, -0.1) is 0 Å². The van der Waals surface area contributed by atoms with Crippen molar-refractivity contribution in [1.29, 1.82) is 0 Å². The zero-order valence-corrected chi connectivity index (χ0v) is 9.67. The van der Waals surface area contributed by atoms with Crippen LogP contribution in [-0.2, 0) is 4.79 Å². The maximum atomic E-state index is 10.8. The molecule has 92 valence electrons. The minimum Gasteiger partial charge on any atom is -0.481 e. The van der Waals surface area contributed by atoms with Gasteiger partial charge >= 0.3 is 5.97 Å². The molecule has 0 saturated heterocycles. The SMILES string of the molecule is O=C(O)C1CCC(CNc2ncccn2)CC1. The van der Waals surface area contributed by atoms with Crippen molar-refractivity contribution >= 4 is 11.9 Å². The molecule has 1 saturated carbocycles. The van der Waals surface area contributed by atoms with E-state index in [0.29, 0.717) is 11.9 Å². The molecule has 5 nitrogen and oxygen atoms in total. The van der Waals surface area contributed by atoms with Crippen LogP contribution >= 0.6 is 0 Å². The molecule has 1 aliphatic carbocycles. The summed E-state index contributed by atoms with van der Waals surface area (Å²) in [5.41, 5.74) is 0. The molecule has 1 aromatic heterocycles. The van der Waals surface area contributed by atoms with Gasteiger partial charge in [0.2, 0.25) is 5.95 Å². The van der Waals surface area contributed by atoms with Crippen molar-refractivity contribution in [1.82, 2.24) is 9.97 Å². The van der Waals surface area contributed by atoms with Crippen LogP contribution in [0.2, 0.25) is 0 Å². The monoisotopic (exact) mass is 235 g/mol. The normalized spacial score (nSPS) is 24.2. The van der Waals surface area contributed by atoms with Crippen LogP contribution < -0.4 is 5.32 Å². The fourth-order valence-electron chi connectivity index (χ4n) is 2.24. The van der Waals surface area contributed by atoms with Crippen LogP contribution in [0, 0.1) is 11.8 Å². The van der Waals surface area contributed by atoms with Crippen molar-refractivity contribution in [2.75, 3.05) is 11.9 Å². The Morgan fingerprint density at radius 3 is 2.53 bits per heavy atom. The molecule has 1 aliphatic rings. The van der Waals surface area contributed by atoms with Gasteiger partial charge < -0.3 is 10.4 Å². The number of nitrogens with one attached hydrogen (secondary N) is 1. The minimum absolute atomic E-state index is 0.140. The van der Waals surface area contributed by atoms with Gasteiger partial charge in [0.1, 0.15) is 0 Å². The number of carboxylic acids is 1. The number of anilines is 1. The van der Waals surface area contributed by atoms with Gasteiger partial charge in [0, 0.05) is 18.9 Å². The van der Waals surface area contributed by atoms with E-state index in [1.54, 1.807) is 18.5 Å². The molecule has 0 atom stereocenters. The fraction of sp³-hybridized carbons (Fsp3) is 0.583. The highest BCUT2D eigenvalue weighted by atomic mass is 16.4. The Morgan fingerprint density at radius 2 is 1.94 bits per heavy atom. The third-order valence-corrected chi connectivity index (χ3v) is 3.31. The molecule has 1 aromatic rings. The molecule has 0 unspecified atom stereocenters. The third kappa shape index (κ3) is 3.41. The molecule has 17 heavy (non-hydrogen) atoms. The summed E-state index contributed by atoms with van der Waals surface area (Å²) in [5.74, 6) is 0.393. The Kier molecular flexibility index (Phi) is 3.90. The summed E-state index contributed by atoms with van der Waals surface area (Å²) in [6.45, 7) is 0.830. The highest BCUT2D eigenvalue weighted by Crippen LogP contribution is 2.28. The Morgan fingerprint density at radius 1 is 1.29 bits per heavy atom. The van der Waals surface area contributed by atoms with E-state index in [1.807, 2.05) is 0 Å². The van der Waals surface area contributed by atoms with Gasteiger partial charge in [-0.2, -0.15) is 0 Å². The van der Waals surface area contributed by atoms with Crippen molar-refractivity contribution < 1.29 is 9.90 Å². The fourth-order valence-corrected chi connectivity index (χ4v) is 2.24. The lowest BCUT2D eigenvalue weighted by atomic mass is 9.82. The van der Waals surface area contributed by atoms with Crippen LogP contribution in [0.5, 0.6) is 0 Å². The predicted octanol–water partition coefficient (Wildman–Crippen LogP) is 1.78. The van der Waals surface area contributed by atoms with Crippen molar-refractivity contribution in [2.24, 2.45) is 11.8 Å². The number of aliphatic carboxylic acids is 1. The standard InChI is InChI=1S/C12H17N3O2/c16-11(17)10-4-2-9(3-5-10)8-15-12-13-6-1-7-14-12/h1,6-7,9-10H,2-5,8H2,(H,16,17)(H,13,14,15). The molecule has 1 heterocycles. The molecule has 0 bridgehead atoms. The van der Waals surface area contributed by atoms with E-state index in [9.17, 15) is 4.79 Å². The lowest BCUT2D eigenvalue weighted by Crippen LogP contribution is -2.25. The van der Waals surface area contributed by atoms with Crippen molar-refractivity contribution in [3.05, 3.63) is 18.5 Å². The number of carbonyl (C=O) groups is 1. The predicted molar refractivity (Wildman–Crippen MR) is 63.6 cm³/mol. The van der Waals surface area contributed by atoms with E-state index in [0.717, 1.165) is 32.2 Å². The summed E-state index contributed by atoms with van der Waals surface area (Å²) in [5, 5.41) is 12.1. The highest BCUT2D eigenvalue weighted by Gasteiger charge is 2.25. The van der Waals surface area contributed by atoms with E-state index in [1.165, 1.54) is 0 Å².